The van der Waals surface area contributed by atoms with E-state index in [1.54, 1.807) is 0 Å². The maximum atomic E-state index is 9.68. The summed E-state index contributed by atoms with van der Waals surface area (Å²) in [5.41, 5.74) is 0. The molecule has 0 aromatic rings. The standard InChI is InChI=1S/C2H2I2O2.In.3H/c3-1(4)2(5)6;;;;/h1H,(H,5,6);;;;. The number of carbonyl (C=O) groups is 1. The van der Waals surface area contributed by atoms with Gasteiger partial charge in [0.2, 0.25) is 0 Å². The molecule has 1 N–H and O–H groups in total. The number of rotatable bonds is 1. The maximum absolute atomic E-state index is 9.68. The van der Waals surface area contributed by atoms with Crippen molar-refractivity contribution in [3.63, 3.8) is 0 Å². The molecule has 0 aliphatic rings. The van der Waals surface area contributed by atoms with Crippen LogP contribution in [0, 0.1) is 0 Å². The average Bonchev–Trinajstić information content (AvgIpc) is 1.36. The van der Waals surface area contributed by atoms with Crippen molar-refractivity contribution < 1.29 is 9.90 Å². The monoisotopic (exact) mass is 430 g/mol. The Hall–Kier alpha value is 1.80. The minimum absolute atomic E-state index is 0. The molecule has 5 heteroatoms. The zero-order valence-corrected chi connectivity index (χ0v) is 7.00. The number of carboxylic acid groups (broad SMARTS) is 1. The Kier molecular flexibility index (Phi) is 9.81. The molecule has 0 aromatic carbocycles. The van der Waals surface area contributed by atoms with Gasteiger partial charge in [0.1, 0.15) is 0 Å². The van der Waals surface area contributed by atoms with E-state index in [1.807, 2.05) is 45.2 Å². The molecular formula is C2H5I2InO2. The second-order valence-electron chi connectivity index (χ2n) is 0.639. The van der Waals surface area contributed by atoms with Crippen LogP contribution in [0.15, 0.2) is 0 Å². The Labute approximate surface area is 87.5 Å². The van der Waals surface area contributed by atoms with Crippen LogP contribution >= 0.6 is 45.2 Å². The van der Waals surface area contributed by atoms with Crippen LogP contribution in [-0.4, -0.2) is 38.9 Å². The summed E-state index contributed by atoms with van der Waals surface area (Å²) in [7, 11) is 0. The van der Waals surface area contributed by atoms with Crippen molar-refractivity contribution in [3.8, 4) is 0 Å². The SMILES string of the molecule is O=C(O)C(I)I.[InH3]. The van der Waals surface area contributed by atoms with Gasteiger partial charge in [-0.2, -0.15) is 0 Å². The van der Waals surface area contributed by atoms with Crippen molar-refractivity contribution in [1.29, 1.82) is 0 Å². The van der Waals surface area contributed by atoms with E-state index in [2.05, 4.69) is 0 Å². The van der Waals surface area contributed by atoms with E-state index in [1.165, 1.54) is 0 Å². The van der Waals surface area contributed by atoms with Crippen molar-refractivity contribution in [2.24, 2.45) is 0 Å². The summed E-state index contributed by atoms with van der Waals surface area (Å²) in [6.45, 7) is 0. The van der Waals surface area contributed by atoms with Crippen LogP contribution in [0.1, 0.15) is 0 Å². The van der Waals surface area contributed by atoms with Gasteiger partial charge in [0.25, 0.3) is 0 Å². The number of aliphatic carboxylic acids is 1. The van der Waals surface area contributed by atoms with Gasteiger partial charge >= 0.3 is 31.8 Å². The first-order valence-corrected chi connectivity index (χ1v) is 3.64. The van der Waals surface area contributed by atoms with Crippen LogP contribution in [-0.2, 0) is 4.79 Å². The molecule has 0 radical (unpaired) electrons. The molecule has 0 saturated heterocycles. The molecule has 0 atom stereocenters. The Bertz CT molecular complexity index is 64.7. The van der Waals surface area contributed by atoms with E-state index in [0.717, 1.165) is 0 Å². The van der Waals surface area contributed by atoms with E-state index in [9.17, 15) is 4.79 Å². The molecule has 2 nitrogen and oxygen atoms in total. The van der Waals surface area contributed by atoms with Gasteiger partial charge in [-0.05, 0) is 0 Å². The molecule has 42 valence electrons. The molecule has 0 spiro atoms. The van der Waals surface area contributed by atoms with E-state index in [0.29, 0.717) is 0 Å². The Balaban J connectivity index is 0. The molecule has 7 heavy (non-hydrogen) atoms. The zero-order valence-electron chi connectivity index (χ0n) is 2.69. The molecular weight excluding hydrogens is 425 g/mol. The van der Waals surface area contributed by atoms with Crippen LogP contribution in [0.2, 0.25) is 0 Å². The van der Waals surface area contributed by atoms with Gasteiger partial charge in [-0.3, -0.25) is 4.79 Å². The van der Waals surface area contributed by atoms with Crippen molar-refractivity contribution in [2.75, 3.05) is 0 Å². The normalized spacial score (nSPS) is 7.86. The predicted molar refractivity (Wildman–Crippen MR) is 49.4 cm³/mol. The summed E-state index contributed by atoms with van der Waals surface area (Å²) in [6.07, 6.45) is 0. The Morgan fingerprint density at radius 1 is 1.57 bits per heavy atom. The van der Waals surface area contributed by atoms with Gasteiger partial charge in [0.15, 0.2) is 1.93 Å². The van der Waals surface area contributed by atoms with Crippen LogP contribution in [0.5, 0.6) is 0 Å². The molecule has 0 amide bonds. The summed E-state index contributed by atoms with van der Waals surface area (Å²) < 4.78 is -0.291. The molecule has 0 aliphatic carbocycles. The molecule has 0 unspecified atom stereocenters. The summed E-state index contributed by atoms with van der Waals surface area (Å²) in [4.78, 5) is 9.68. The van der Waals surface area contributed by atoms with Crippen LogP contribution in [0.4, 0.5) is 0 Å². The van der Waals surface area contributed by atoms with Crippen molar-refractivity contribution in [3.05, 3.63) is 0 Å². The second-order valence-corrected chi connectivity index (χ2v) is 5.51. The fraction of sp³-hybridized carbons (Fsp3) is 0.500. The first-order chi connectivity index (χ1) is 2.64. The molecule has 0 fully saturated rings. The average molecular weight is 430 g/mol. The summed E-state index contributed by atoms with van der Waals surface area (Å²) >= 11 is 3.64. The zero-order chi connectivity index (χ0) is 5.15. The number of halogens is 2. The fourth-order valence-electron chi connectivity index (χ4n) is 0. The van der Waals surface area contributed by atoms with E-state index in [4.69, 9.17) is 5.11 Å². The van der Waals surface area contributed by atoms with Crippen molar-refractivity contribution >= 4 is 77.0 Å². The molecule has 0 aromatic heterocycles. The topological polar surface area (TPSA) is 37.3 Å². The van der Waals surface area contributed by atoms with Crippen LogP contribution < -0.4 is 0 Å². The third kappa shape index (κ3) is 7.80. The Morgan fingerprint density at radius 3 is 1.71 bits per heavy atom. The summed E-state index contributed by atoms with van der Waals surface area (Å²) in [5, 5.41) is 7.98. The first kappa shape index (κ1) is 11.6. The molecule has 0 heterocycles. The van der Waals surface area contributed by atoms with Gasteiger partial charge < -0.3 is 5.11 Å². The molecule has 0 rings (SSSR count). The second kappa shape index (κ2) is 5.93. The van der Waals surface area contributed by atoms with Gasteiger partial charge in [-0.15, -0.1) is 0 Å². The summed E-state index contributed by atoms with van der Waals surface area (Å²) in [5.74, 6) is -0.767. The van der Waals surface area contributed by atoms with Crippen molar-refractivity contribution in [2.45, 2.75) is 1.93 Å². The van der Waals surface area contributed by atoms with Gasteiger partial charge in [-0.25, -0.2) is 0 Å². The van der Waals surface area contributed by atoms with Gasteiger partial charge in [0, 0.05) is 0 Å². The minimum atomic E-state index is -0.767. The third-order valence-electron chi connectivity index (χ3n) is 0.187. The number of alkyl halides is 2. The van der Waals surface area contributed by atoms with Crippen LogP contribution in [0.25, 0.3) is 0 Å². The predicted octanol–water partition coefficient (Wildman–Crippen LogP) is 0.0832. The molecule has 0 aliphatic heterocycles. The third-order valence-corrected chi connectivity index (χ3v) is 1.25. The van der Waals surface area contributed by atoms with Crippen molar-refractivity contribution in [1.82, 2.24) is 0 Å². The molecule has 0 bridgehead atoms. The number of hydrogen-bond acceptors (Lipinski definition) is 1. The number of hydrogen-bond donors (Lipinski definition) is 1. The molecule has 0 saturated carbocycles. The van der Waals surface area contributed by atoms with E-state index >= 15 is 0 Å². The van der Waals surface area contributed by atoms with E-state index < -0.39 is 5.97 Å². The quantitative estimate of drug-likeness (QED) is 0.474. The summed E-state index contributed by atoms with van der Waals surface area (Å²) in [6, 6.07) is 0. The number of carboxylic acids is 1. The van der Waals surface area contributed by atoms with Crippen LogP contribution in [0.3, 0.4) is 0 Å². The fourth-order valence-corrected chi connectivity index (χ4v) is 0. The van der Waals surface area contributed by atoms with E-state index in [-0.39, 0.29) is 27.8 Å². The van der Waals surface area contributed by atoms with Gasteiger partial charge in [-0.1, -0.05) is 45.2 Å². The Morgan fingerprint density at radius 2 is 1.71 bits per heavy atom. The first-order valence-electron chi connectivity index (χ1n) is 1.15. The van der Waals surface area contributed by atoms with Gasteiger partial charge in [0.05, 0.1) is 0 Å².